The third-order valence-electron chi connectivity index (χ3n) is 2.08. The minimum absolute atomic E-state index is 0.122. The van der Waals surface area contributed by atoms with Gasteiger partial charge in [-0.1, -0.05) is 37.6 Å². The average Bonchev–Trinajstić information content (AvgIpc) is 2.28. The Bertz CT molecular complexity index is 379. The lowest BCUT2D eigenvalue weighted by molar-refractivity contribution is 0.106. The second kappa shape index (κ2) is 5.20. The zero-order valence-corrected chi connectivity index (χ0v) is 8.62. The summed E-state index contributed by atoms with van der Waals surface area (Å²) in [7, 11) is 0. The molecule has 0 heterocycles. The molecule has 0 atom stereocenters. The van der Waals surface area contributed by atoms with Crippen molar-refractivity contribution in [1.29, 1.82) is 5.41 Å². The fraction of sp³-hybridized carbons (Fsp3) is 0.250. The molecule has 0 bridgehead atoms. The fourth-order valence-electron chi connectivity index (χ4n) is 1.25. The number of ketones is 1. The summed E-state index contributed by atoms with van der Waals surface area (Å²) in [6.07, 6.45) is 2.01. The van der Waals surface area contributed by atoms with E-state index >= 15 is 0 Å². The monoisotopic (exact) mass is 203 g/mol. The van der Waals surface area contributed by atoms with Crippen LogP contribution in [-0.4, -0.2) is 17.8 Å². The van der Waals surface area contributed by atoms with Crippen LogP contribution >= 0.6 is 0 Å². The zero-order chi connectivity index (χ0) is 11.3. The summed E-state index contributed by atoms with van der Waals surface area (Å²) in [5.41, 5.74) is 1.13. The van der Waals surface area contributed by atoms with Crippen LogP contribution in [-0.2, 0) is 0 Å². The fourth-order valence-corrected chi connectivity index (χ4v) is 1.25. The predicted octanol–water partition coefficient (Wildman–Crippen LogP) is 2.50. The lowest BCUT2D eigenvalue weighted by atomic mass is 10.0. The molecule has 1 N–H and O–H groups in total. The van der Waals surface area contributed by atoms with Gasteiger partial charge in [0.05, 0.1) is 5.71 Å². The summed E-state index contributed by atoms with van der Waals surface area (Å²) in [6.45, 7) is 1.93. The van der Waals surface area contributed by atoms with Crippen LogP contribution in [0.2, 0.25) is 0 Å². The number of hydrogen-bond acceptors (Lipinski definition) is 3. The highest BCUT2D eigenvalue weighted by atomic mass is 16.1. The maximum Gasteiger partial charge on any atom is 0.206 e. The van der Waals surface area contributed by atoms with Crippen molar-refractivity contribution in [1.82, 2.24) is 0 Å². The highest BCUT2D eigenvalue weighted by molar-refractivity contribution is 6.44. The van der Waals surface area contributed by atoms with Crippen molar-refractivity contribution in [2.24, 2.45) is 0 Å². The number of carbonyl (C=O) groups excluding carboxylic acids is 2. The van der Waals surface area contributed by atoms with Gasteiger partial charge in [-0.15, -0.1) is 0 Å². The van der Waals surface area contributed by atoms with Crippen molar-refractivity contribution in [3.8, 4) is 0 Å². The lowest BCUT2D eigenvalue weighted by Crippen LogP contribution is -2.12. The van der Waals surface area contributed by atoms with E-state index in [1.54, 1.807) is 24.3 Å². The Hall–Kier alpha value is -1.77. The summed E-state index contributed by atoms with van der Waals surface area (Å²) >= 11 is 0. The molecule has 0 spiro atoms. The second-order valence-corrected chi connectivity index (χ2v) is 3.30. The van der Waals surface area contributed by atoms with E-state index in [0.29, 0.717) is 17.5 Å². The first-order valence-corrected chi connectivity index (χ1v) is 4.86. The number of nitrogens with one attached hydrogen (secondary N) is 1. The number of carbonyl (C=O) groups is 2. The SMILES string of the molecule is CCCC(=N)C(=O)c1ccc(C=O)cc1. The highest BCUT2D eigenvalue weighted by Crippen LogP contribution is 2.06. The standard InChI is InChI=1S/C12H13NO2/c1-2-3-11(13)12(15)10-6-4-9(8-14)5-7-10/h4-8,13H,2-3H2,1H3. The van der Waals surface area contributed by atoms with Crippen molar-refractivity contribution in [2.75, 3.05) is 0 Å². The molecular weight excluding hydrogens is 190 g/mol. The molecule has 0 aromatic heterocycles. The van der Waals surface area contributed by atoms with Crippen LogP contribution < -0.4 is 0 Å². The van der Waals surface area contributed by atoms with Gasteiger partial charge in [0.15, 0.2) is 0 Å². The number of benzene rings is 1. The highest BCUT2D eigenvalue weighted by Gasteiger charge is 2.10. The summed E-state index contributed by atoms with van der Waals surface area (Å²) in [6, 6.07) is 6.32. The van der Waals surface area contributed by atoms with Gasteiger partial charge in [0.25, 0.3) is 0 Å². The van der Waals surface area contributed by atoms with Gasteiger partial charge >= 0.3 is 0 Å². The Morgan fingerprint density at radius 3 is 2.40 bits per heavy atom. The molecule has 0 aliphatic heterocycles. The molecule has 0 unspecified atom stereocenters. The molecule has 0 fully saturated rings. The Balaban J connectivity index is 2.82. The Kier molecular flexibility index (Phi) is 3.92. The molecule has 3 nitrogen and oxygen atoms in total. The Morgan fingerprint density at radius 2 is 1.93 bits per heavy atom. The van der Waals surface area contributed by atoms with Crippen LogP contribution in [0.25, 0.3) is 0 Å². The molecule has 1 aromatic rings. The van der Waals surface area contributed by atoms with Crippen molar-refractivity contribution in [3.05, 3.63) is 35.4 Å². The molecule has 15 heavy (non-hydrogen) atoms. The van der Waals surface area contributed by atoms with Crippen LogP contribution in [0.1, 0.15) is 40.5 Å². The van der Waals surface area contributed by atoms with E-state index in [2.05, 4.69) is 0 Å². The van der Waals surface area contributed by atoms with E-state index in [1.165, 1.54) is 0 Å². The molecule has 3 heteroatoms. The van der Waals surface area contributed by atoms with E-state index in [-0.39, 0.29) is 11.5 Å². The Morgan fingerprint density at radius 1 is 1.33 bits per heavy atom. The van der Waals surface area contributed by atoms with Gasteiger partial charge in [-0.3, -0.25) is 9.59 Å². The summed E-state index contributed by atoms with van der Waals surface area (Å²) < 4.78 is 0. The maximum atomic E-state index is 11.6. The van der Waals surface area contributed by atoms with Crippen LogP contribution in [0.4, 0.5) is 0 Å². The van der Waals surface area contributed by atoms with Gasteiger partial charge in [-0.25, -0.2) is 0 Å². The van der Waals surface area contributed by atoms with Crippen molar-refractivity contribution in [3.63, 3.8) is 0 Å². The quantitative estimate of drug-likeness (QED) is 0.454. The van der Waals surface area contributed by atoms with Gasteiger partial charge in [0.1, 0.15) is 6.29 Å². The molecule has 0 aliphatic carbocycles. The number of Topliss-reactive ketones (excluding diaryl/α,β-unsaturated/α-hetero) is 1. The maximum absolute atomic E-state index is 11.6. The topological polar surface area (TPSA) is 58.0 Å². The summed E-state index contributed by atoms with van der Waals surface area (Å²) in [5, 5.41) is 7.51. The minimum atomic E-state index is -0.255. The van der Waals surface area contributed by atoms with E-state index in [9.17, 15) is 9.59 Å². The number of rotatable bonds is 5. The molecule has 1 aromatic carbocycles. The molecular formula is C12H13NO2. The molecule has 0 saturated carbocycles. The smallest absolute Gasteiger partial charge is 0.206 e. The van der Waals surface area contributed by atoms with Gasteiger partial charge in [0.2, 0.25) is 5.78 Å². The van der Waals surface area contributed by atoms with Crippen LogP contribution in [0.3, 0.4) is 0 Å². The molecule has 0 aliphatic rings. The first kappa shape index (κ1) is 11.3. The first-order chi connectivity index (χ1) is 7.19. The van der Waals surface area contributed by atoms with E-state index in [0.717, 1.165) is 12.7 Å². The zero-order valence-electron chi connectivity index (χ0n) is 8.62. The molecule has 1 rings (SSSR count). The van der Waals surface area contributed by atoms with E-state index in [1.807, 2.05) is 6.92 Å². The van der Waals surface area contributed by atoms with Crippen molar-refractivity contribution in [2.45, 2.75) is 19.8 Å². The summed E-state index contributed by atoms with van der Waals surface area (Å²) in [5.74, 6) is -0.255. The third-order valence-corrected chi connectivity index (χ3v) is 2.08. The van der Waals surface area contributed by atoms with Crippen LogP contribution in [0.15, 0.2) is 24.3 Å². The molecule has 0 radical (unpaired) electrons. The lowest BCUT2D eigenvalue weighted by Gasteiger charge is -2.01. The molecule has 0 amide bonds. The third kappa shape index (κ3) is 2.84. The van der Waals surface area contributed by atoms with Crippen LogP contribution in [0.5, 0.6) is 0 Å². The largest absolute Gasteiger partial charge is 0.301 e. The van der Waals surface area contributed by atoms with Gasteiger partial charge < -0.3 is 5.41 Å². The number of hydrogen-bond donors (Lipinski definition) is 1. The van der Waals surface area contributed by atoms with Gasteiger partial charge in [-0.2, -0.15) is 0 Å². The second-order valence-electron chi connectivity index (χ2n) is 3.30. The average molecular weight is 203 g/mol. The minimum Gasteiger partial charge on any atom is -0.301 e. The Labute approximate surface area is 88.6 Å². The number of aldehydes is 1. The van der Waals surface area contributed by atoms with E-state index in [4.69, 9.17) is 5.41 Å². The molecule has 0 saturated heterocycles. The first-order valence-electron chi connectivity index (χ1n) is 4.86. The predicted molar refractivity (Wildman–Crippen MR) is 58.8 cm³/mol. The summed E-state index contributed by atoms with van der Waals surface area (Å²) in [4.78, 5) is 22.0. The van der Waals surface area contributed by atoms with Gasteiger partial charge in [0, 0.05) is 11.1 Å². The van der Waals surface area contributed by atoms with Crippen molar-refractivity contribution < 1.29 is 9.59 Å². The van der Waals surface area contributed by atoms with E-state index < -0.39 is 0 Å². The van der Waals surface area contributed by atoms with Gasteiger partial charge in [-0.05, 0) is 6.42 Å². The molecule has 78 valence electrons. The van der Waals surface area contributed by atoms with Crippen molar-refractivity contribution >= 4 is 17.8 Å². The normalized spacial score (nSPS) is 9.67. The van der Waals surface area contributed by atoms with Crippen LogP contribution in [0, 0.1) is 5.41 Å².